The second kappa shape index (κ2) is 6.71. The van der Waals surface area contributed by atoms with Crippen molar-refractivity contribution in [3.8, 4) is 0 Å². The normalized spacial score (nSPS) is 30.4. The SMILES string of the molecule is CC(C(=O)N1CCCCC1)N(C)C1CCC(N)CC1. The Kier molecular flexibility index (Phi) is 5.22. The van der Waals surface area contributed by atoms with E-state index < -0.39 is 0 Å². The number of likely N-dealkylation sites (tertiary alicyclic amines) is 1. The van der Waals surface area contributed by atoms with Crippen LogP contribution in [0.1, 0.15) is 51.9 Å². The van der Waals surface area contributed by atoms with E-state index in [4.69, 9.17) is 5.73 Å². The van der Waals surface area contributed by atoms with E-state index in [1.807, 2.05) is 0 Å². The molecule has 1 saturated heterocycles. The maximum Gasteiger partial charge on any atom is 0.239 e. The van der Waals surface area contributed by atoms with E-state index in [1.165, 1.54) is 19.3 Å². The van der Waals surface area contributed by atoms with Gasteiger partial charge in [0.15, 0.2) is 0 Å². The zero-order valence-electron chi connectivity index (χ0n) is 12.5. The molecular formula is C15H29N3O. The Labute approximate surface area is 117 Å². The van der Waals surface area contributed by atoms with Gasteiger partial charge >= 0.3 is 0 Å². The number of rotatable bonds is 3. The van der Waals surface area contributed by atoms with Gasteiger partial charge in [-0.05, 0) is 58.9 Å². The molecule has 2 fully saturated rings. The Bertz CT molecular complexity index is 294. The summed E-state index contributed by atoms with van der Waals surface area (Å²) in [4.78, 5) is 16.8. The molecule has 4 heteroatoms. The zero-order valence-corrected chi connectivity index (χ0v) is 12.5. The maximum absolute atomic E-state index is 12.5. The largest absolute Gasteiger partial charge is 0.341 e. The summed E-state index contributed by atoms with van der Waals surface area (Å²) in [6, 6.07) is 0.915. The smallest absolute Gasteiger partial charge is 0.239 e. The van der Waals surface area contributed by atoms with E-state index in [1.54, 1.807) is 0 Å². The molecule has 2 rings (SSSR count). The molecule has 0 bridgehead atoms. The van der Waals surface area contributed by atoms with Gasteiger partial charge in [0, 0.05) is 25.2 Å². The topological polar surface area (TPSA) is 49.6 Å². The predicted molar refractivity (Wildman–Crippen MR) is 77.9 cm³/mol. The minimum absolute atomic E-state index is 0.0115. The third-order valence-corrected chi connectivity index (χ3v) is 4.95. The molecule has 0 spiro atoms. The van der Waals surface area contributed by atoms with Gasteiger partial charge in [-0.3, -0.25) is 9.69 Å². The first kappa shape index (κ1) is 14.8. The van der Waals surface area contributed by atoms with Gasteiger partial charge in [0.25, 0.3) is 0 Å². The summed E-state index contributed by atoms with van der Waals surface area (Å²) in [5.74, 6) is 0.317. The average Bonchev–Trinajstić information content (AvgIpc) is 2.46. The van der Waals surface area contributed by atoms with Crippen molar-refractivity contribution in [3.05, 3.63) is 0 Å². The Hall–Kier alpha value is -0.610. The molecule has 1 saturated carbocycles. The number of piperidine rings is 1. The molecule has 1 aliphatic heterocycles. The van der Waals surface area contributed by atoms with Crippen LogP contribution in [0.3, 0.4) is 0 Å². The third kappa shape index (κ3) is 3.69. The number of nitrogens with two attached hydrogens (primary N) is 1. The highest BCUT2D eigenvalue weighted by molar-refractivity contribution is 5.81. The van der Waals surface area contributed by atoms with Crippen molar-refractivity contribution in [2.75, 3.05) is 20.1 Å². The monoisotopic (exact) mass is 267 g/mol. The first-order valence-electron chi connectivity index (χ1n) is 7.86. The average molecular weight is 267 g/mol. The van der Waals surface area contributed by atoms with E-state index in [2.05, 4.69) is 23.8 Å². The van der Waals surface area contributed by atoms with Gasteiger partial charge in [-0.25, -0.2) is 0 Å². The molecular weight excluding hydrogens is 238 g/mol. The fourth-order valence-corrected chi connectivity index (χ4v) is 3.38. The Morgan fingerprint density at radius 3 is 2.32 bits per heavy atom. The highest BCUT2D eigenvalue weighted by Gasteiger charge is 2.30. The second-order valence-corrected chi connectivity index (χ2v) is 6.30. The van der Waals surface area contributed by atoms with Crippen LogP contribution in [0.15, 0.2) is 0 Å². The molecule has 1 heterocycles. The summed E-state index contributed by atoms with van der Waals surface area (Å²) in [6.07, 6.45) is 8.07. The van der Waals surface area contributed by atoms with Crippen LogP contribution in [-0.2, 0) is 4.79 Å². The quantitative estimate of drug-likeness (QED) is 0.845. The molecule has 1 aliphatic carbocycles. The molecule has 110 valence electrons. The second-order valence-electron chi connectivity index (χ2n) is 6.30. The van der Waals surface area contributed by atoms with Crippen molar-refractivity contribution in [1.82, 2.24) is 9.80 Å². The molecule has 1 unspecified atom stereocenters. The summed E-state index contributed by atoms with van der Waals surface area (Å²) < 4.78 is 0. The van der Waals surface area contributed by atoms with Gasteiger partial charge in [-0.1, -0.05) is 0 Å². The van der Waals surface area contributed by atoms with Gasteiger partial charge < -0.3 is 10.6 Å². The third-order valence-electron chi connectivity index (χ3n) is 4.95. The number of nitrogens with zero attached hydrogens (tertiary/aromatic N) is 2. The van der Waals surface area contributed by atoms with Crippen molar-refractivity contribution < 1.29 is 4.79 Å². The number of hydrogen-bond donors (Lipinski definition) is 1. The number of likely N-dealkylation sites (N-methyl/N-ethyl adjacent to an activating group) is 1. The number of amides is 1. The van der Waals surface area contributed by atoms with Crippen LogP contribution in [0, 0.1) is 0 Å². The van der Waals surface area contributed by atoms with Gasteiger partial charge in [-0.15, -0.1) is 0 Å². The van der Waals surface area contributed by atoms with Crippen molar-refractivity contribution in [2.45, 2.75) is 70.0 Å². The summed E-state index contributed by atoms with van der Waals surface area (Å²) in [5.41, 5.74) is 5.96. The molecule has 1 atom stereocenters. The fourth-order valence-electron chi connectivity index (χ4n) is 3.38. The molecule has 0 aromatic carbocycles. The van der Waals surface area contributed by atoms with Crippen LogP contribution >= 0.6 is 0 Å². The lowest BCUT2D eigenvalue weighted by molar-refractivity contribution is -0.137. The first-order chi connectivity index (χ1) is 9.09. The lowest BCUT2D eigenvalue weighted by Gasteiger charge is -2.39. The number of carbonyl (C=O) groups excluding carboxylic acids is 1. The minimum Gasteiger partial charge on any atom is -0.341 e. The lowest BCUT2D eigenvalue weighted by Crippen LogP contribution is -2.51. The molecule has 0 radical (unpaired) electrons. The van der Waals surface area contributed by atoms with Crippen LogP contribution in [-0.4, -0.2) is 54.0 Å². The van der Waals surface area contributed by atoms with E-state index in [9.17, 15) is 4.79 Å². The van der Waals surface area contributed by atoms with Gasteiger partial charge in [0.2, 0.25) is 5.91 Å². The first-order valence-corrected chi connectivity index (χ1v) is 7.86. The van der Waals surface area contributed by atoms with E-state index >= 15 is 0 Å². The summed E-state index contributed by atoms with van der Waals surface area (Å²) >= 11 is 0. The van der Waals surface area contributed by atoms with Crippen LogP contribution in [0.2, 0.25) is 0 Å². The summed E-state index contributed by atoms with van der Waals surface area (Å²) in [6.45, 7) is 3.96. The molecule has 0 aromatic heterocycles. The summed E-state index contributed by atoms with van der Waals surface area (Å²) in [7, 11) is 2.11. The highest BCUT2D eigenvalue weighted by Crippen LogP contribution is 2.23. The number of carbonyl (C=O) groups is 1. The fraction of sp³-hybridized carbons (Fsp3) is 0.933. The van der Waals surface area contributed by atoms with E-state index in [0.717, 1.165) is 38.8 Å². The zero-order chi connectivity index (χ0) is 13.8. The summed E-state index contributed by atoms with van der Waals surface area (Å²) in [5, 5.41) is 0. The molecule has 1 amide bonds. The molecule has 4 nitrogen and oxygen atoms in total. The van der Waals surface area contributed by atoms with Gasteiger partial charge in [-0.2, -0.15) is 0 Å². The maximum atomic E-state index is 12.5. The minimum atomic E-state index is 0.0115. The van der Waals surface area contributed by atoms with E-state index in [-0.39, 0.29) is 6.04 Å². The van der Waals surface area contributed by atoms with Crippen molar-refractivity contribution in [3.63, 3.8) is 0 Å². The Morgan fingerprint density at radius 1 is 1.16 bits per heavy atom. The molecule has 0 aromatic rings. The van der Waals surface area contributed by atoms with Crippen LogP contribution < -0.4 is 5.73 Å². The lowest BCUT2D eigenvalue weighted by atomic mass is 9.90. The number of hydrogen-bond acceptors (Lipinski definition) is 3. The van der Waals surface area contributed by atoms with E-state index in [0.29, 0.717) is 18.0 Å². The molecule has 2 aliphatic rings. The van der Waals surface area contributed by atoms with Gasteiger partial charge in [0.1, 0.15) is 0 Å². The molecule has 2 N–H and O–H groups in total. The van der Waals surface area contributed by atoms with Crippen molar-refractivity contribution in [1.29, 1.82) is 0 Å². The predicted octanol–water partition coefficient (Wildman–Crippen LogP) is 1.59. The van der Waals surface area contributed by atoms with Crippen LogP contribution in [0.25, 0.3) is 0 Å². The highest BCUT2D eigenvalue weighted by atomic mass is 16.2. The van der Waals surface area contributed by atoms with Crippen molar-refractivity contribution in [2.24, 2.45) is 5.73 Å². The van der Waals surface area contributed by atoms with Crippen LogP contribution in [0.4, 0.5) is 0 Å². The standard InChI is InChI=1S/C15H29N3O/c1-12(15(19)18-10-4-3-5-11-18)17(2)14-8-6-13(16)7-9-14/h12-14H,3-11,16H2,1-2H3. The Morgan fingerprint density at radius 2 is 1.74 bits per heavy atom. The van der Waals surface area contributed by atoms with Crippen molar-refractivity contribution >= 4 is 5.91 Å². The van der Waals surface area contributed by atoms with Gasteiger partial charge in [0.05, 0.1) is 6.04 Å². The molecule has 19 heavy (non-hydrogen) atoms. The Balaban J connectivity index is 1.86. The van der Waals surface area contributed by atoms with Crippen LogP contribution in [0.5, 0.6) is 0 Å².